The molecule has 1 aliphatic carbocycles. The fourth-order valence-electron chi connectivity index (χ4n) is 3.51. The van der Waals surface area contributed by atoms with Gasteiger partial charge >= 0.3 is 0 Å². The van der Waals surface area contributed by atoms with Crippen molar-refractivity contribution in [1.29, 1.82) is 0 Å². The lowest BCUT2D eigenvalue weighted by Crippen LogP contribution is -2.25. The maximum atomic E-state index is 13.2. The first-order valence-electron chi connectivity index (χ1n) is 11.5. The van der Waals surface area contributed by atoms with Crippen LogP contribution >= 0.6 is 11.3 Å². The maximum Gasteiger partial charge on any atom is 0.280 e. The zero-order chi connectivity index (χ0) is 24.8. The Kier molecular flexibility index (Phi) is 8.50. The first-order chi connectivity index (χ1) is 16.9. The molecule has 10 nitrogen and oxygen atoms in total. The predicted molar refractivity (Wildman–Crippen MR) is 132 cm³/mol. The highest BCUT2D eigenvalue weighted by Gasteiger charge is 2.36. The average Bonchev–Trinajstić information content (AvgIpc) is 3.43. The molecule has 0 spiro atoms. The second-order valence-corrected chi connectivity index (χ2v) is 12.0. The van der Waals surface area contributed by atoms with E-state index in [1.54, 1.807) is 25.4 Å². The summed E-state index contributed by atoms with van der Waals surface area (Å²) < 4.78 is 35.5. The summed E-state index contributed by atoms with van der Waals surface area (Å²) in [5.41, 5.74) is 0.494. The fraction of sp³-hybridized carbons (Fsp3) is 0.522. The molecule has 2 aromatic rings. The zero-order valence-corrected chi connectivity index (χ0v) is 21.4. The van der Waals surface area contributed by atoms with E-state index in [1.807, 2.05) is 7.05 Å². The van der Waals surface area contributed by atoms with Gasteiger partial charge in [-0.25, -0.2) is 13.4 Å². The van der Waals surface area contributed by atoms with Gasteiger partial charge in [-0.1, -0.05) is 17.3 Å². The predicted octanol–water partition coefficient (Wildman–Crippen LogP) is 2.31. The Morgan fingerprint density at radius 2 is 2.06 bits per heavy atom. The molecule has 1 amide bonds. The Hall–Kier alpha value is -2.38. The molecule has 1 atom stereocenters. The number of hydrogen-bond donors (Lipinski definition) is 1. The Labute approximate surface area is 209 Å². The van der Waals surface area contributed by atoms with Crippen molar-refractivity contribution in [2.45, 2.75) is 42.1 Å². The van der Waals surface area contributed by atoms with E-state index in [9.17, 15) is 13.2 Å². The van der Waals surface area contributed by atoms with Gasteiger partial charge in [-0.15, -0.1) is 11.3 Å². The van der Waals surface area contributed by atoms with Gasteiger partial charge in [0.2, 0.25) is 0 Å². The van der Waals surface area contributed by atoms with Gasteiger partial charge in [-0.3, -0.25) is 15.0 Å². The lowest BCUT2D eigenvalue weighted by Gasteiger charge is -2.14. The molecule has 1 aromatic carbocycles. The summed E-state index contributed by atoms with van der Waals surface area (Å²) >= 11 is 1.37. The van der Waals surface area contributed by atoms with E-state index in [-0.39, 0.29) is 22.0 Å². The molecule has 190 valence electrons. The number of ether oxygens (including phenoxy) is 2. The number of methoxy groups -OCH3 is 1. The molecular weight excluding hydrogens is 492 g/mol. The van der Waals surface area contributed by atoms with Gasteiger partial charge in [0.15, 0.2) is 26.8 Å². The number of anilines is 1. The summed E-state index contributed by atoms with van der Waals surface area (Å²) in [5, 5.41) is 7.06. The van der Waals surface area contributed by atoms with Gasteiger partial charge in [0.25, 0.3) is 5.91 Å². The molecule has 0 unspecified atom stereocenters. The van der Waals surface area contributed by atoms with Gasteiger partial charge in [0, 0.05) is 43.3 Å². The number of rotatable bonds is 12. The molecule has 1 saturated carbocycles. The molecule has 2 fully saturated rings. The van der Waals surface area contributed by atoms with Crippen molar-refractivity contribution in [3.63, 3.8) is 0 Å². The van der Waals surface area contributed by atoms with Crippen molar-refractivity contribution in [3.8, 4) is 0 Å². The van der Waals surface area contributed by atoms with Crippen LogP contribution in [0.5, 0.6) is 0 Å². The van der Waals surface area contributed by atoms with Gasteiger partial charge in [-0.05, 0) is 32.0 Å². The van der Waals surface area contributed by atoms with Crippen molar-refractivity contribution in [2.24, 2.45) is 5.16 Å². The molecule has 35 heavy (non-hydrogen) atoms. The monoisotopic (exact) mass is 522 g/mol. The smallest absolute Gasteiger partial charge is 0.280 e. The lowest BCUT2D eigenvalue weighted by atomic mass is 10.1. The molecule has 0 bridgehead atoms. The van der Waals surface area contributed by atoms with Gasteiger partial charge < -0.3 is 14.3 Å². The summed E-state index contributed by atoms with van der Waals surface area (Å²) in [4.78, 5) is 26.4. The first-order valence-corrected chi connectivity index (χ1v) is 13.8. The van der Waals surface area contributed by atoms with Crippen LogP contribution in [0.4, 0.5) is 5.13 Å². The summed E-state index contributed by atoms with van der Waals surface area (Å²) in [5.74, 6) is -0.490. The summed E-state index contributed by atoms with van der Waals surface area (Å²) in [6, 6.07) is 6.20. The molecule has 1 N–H and O–H groups in total. The molecule has 1 saturated heterocycles. The SMILES string of the molecule is COCCN(C)Cc1cnc(NC(=O)C(=NO[C@@H]2CCOC2)c2ccc(S(=O)(=O)C3CC3)cc2)s1. The number of carbonyl (C=O) groups excluding carboxylic acids is 1. The van der Waals surface area contributed by atoms with E-state index in [0.29, 0.717) is 56.3 Å². The fourth-order valence-corrected chi connectivity index (χ4v) is 6.05. The van der Waals surface area contributed by atoms with Crippen LogP contribution in [0.1, 0.15) is 29.7 Å². The standard InChI is InChI=1S/C23H30N4O6S2/c1-27(10-12-31-2)14-18-13-24-23(34-18)25-22(28)21(26-33-17-9-11-32-15-17)16-3-5-19(6-4-16)35(29,30)20-7-8-20/h3-6,13,17,20H,7-12,14-15H2,1-2H3,(H,24,25,28)/t17-/m1/s1. The van der Waals surface area contributed by atoms with E-state index in [2.05, 4.69) is 20.4 Å². The lowest BCUT2D eigenvalue weighted by molar-refractivity contribution is -0.110. The highest BCUT2D eigenvalue weighted by molar-refractivity contribution is 7.92. The largest absolute Gasteiger partial charge is 0.389 e. The van der Waals surface area contributed by atoms with Crippen LogP contribution in [0.15, 0.2) is 40.5 Å². The molecule has 12 heteroatoms. The van der Waals surface area contributed by atoms with Crippen molar-refractivity contribution in [1.82, 2.24) is 9.88 Å². The molecule has 2 heterocycles. The van der Waals surface area contributed by atoms with E-state index >= 15 is 0 Å². The van der Waals surface area contributed by atoms with Crippen LogP contribution < -0.4 is 5.32 Å². The van der Waals surface area contributed by atoms with Gasteiger partial charge in [0.1, 0.15) is 0 Å². The van der Waals surface area contributed by atoms with Crippen molar-refractivity contribution in [3.05, 3.63) is 40.9 Å². The van der Waals surface area contributed by atoms with Crippen molar-refractivity contribution in [2.75, 3.05) is 45.8 Å². The minimum absolute atomic E-state index is 0.0428. The number of nitrogens with one attached hydrogen (secondary N) is 1. The number of carbonyl (C=O) groups is 1. The second-order valence-electron chi connectivity index (χ2n) is 8.62. The molecule has 1 aromatic heterocycles. The second kappa shape index (κ2) is 11.6. The summed E-state index contributed by atoms with van der Waals surface area (Å²) in [6.45, 7) is 3.08. The topological polar surface area (TPSA) is 119 Å². The number of amides is 1. The van der Waals surface area contributed by atoms with Crippen molar-refractivity contribution < 1.29 is 27.5 Å². The normalized spacial score (nSPS) is 18.7. The Bertz CT molecular complexity index is 1140. The number of likely N-dealkylation sites (N-methyl/N-ethyl adjacent to an activating group) is 1. The molecule has 0 radical (unpaired) electrons. The van der Waals surface area contributed by atoms with E-state index in [0.717, 1.165) is 11.4 Å². The van der Waals surface area contributed by atoms with Crippen LogP contribution in [0.2, 0.25) is 0 Å². The third-order valence-corrected chi connectivity index (χ3v) is 8.87. The van der Waals surface area contributed by atoms with Crippen LogP contribution in [0.3, 0.4) is 0 Å². The van der Waals surface area contributed by atoms with Crippen LogP contribution in [0, 0.1) is 0 Å². The van der Waals surface area contributed by atoms with Crippen LogP contribution in [-0.4, -0.2) is 81.8 Å². The maximum absolute atomic E-state index is 13.2. The third kappa shape index (κ3) is 6.85. The zero-order valence-electron chi connectivity index (χ0n) is 19.8. The third-order valence-electron chi connectivity index (χ3n) is 5.69. The highest BCUT2D eigenvalue weighted by atomic mass is 32.2. The van der Waals surface area contributed by atoms with Gasteiger partial charge in [0.05, 0.1) is 30.0 Å². The molecule has 1 aliphatic heterocycles. The summed E-state index contributed by atoms with van der Waals surface area (Å²) in [7, 11) is 0.324. The quantitative estimate of drug-likeness (QED) is 0.333. The highest BCUT2D eigenvalue weighted by Crippen LogP contribution is 2.33. The van der Waals surface area contributed by atoms with Crippen LogP contribution in [-0.2, 0) is 35.5 Å². The minimum atomic E-state index is -3.32. The van der Waals surface area contributed by atoms with Gasteiger partial charge in [-0.2, -0.15) is 0 Å². The molecule has 2 aliphatic rings. The van der Waals surface area contributed by atoms with Crippen molar-refractivity contribution >= 4 is 37.9 Å². The van der Waals surface area contributed by atoms with E-state index < -0.39 is 15.7 Å². The Morgan fingerprint density at radius 3 is 2.71 bits per heavy atom. The number of thiazole rings is 1. The number of oxime groups is 1. The summed E-state index contributed by atoms with van der Waals surface area (Å²) in [6.07, 6.45) is 3.55. The number of benzene rings is 1. The van der Waals surface area contributed by atoms with E-state index in [4.69, 9.17) is 14.3 Å². The first kappa shape index (κ1) is 25.7. The Morgan fingerprint density at radius 1 is 1.29 bits per heavy atom. The Balaban J connectivity index is 1.48. The molecule has 4 rings (SSSR count). The minimum Gasteiger partial charge on any atom is -0.389 e. The number of hydrogen-bond acceptors (Lipinski definition) is 10. The average molecular weight is 523 g/mol. The molecular formula is C23H30N4O6S2. The number of aromatic nitrogens is 1. The van der Waals surface area contributed by atoms with E-state index in [1.165, 1.54) is 23.5 Å². The number of sulfone groups is 1. The van der Waals surface area contributed by atoms with Crippen LogP contribution in [0.25, 0.3) is 0 Å². The number of nitrogens with zero attached hydrogens (tertiary/aromatic N) is 3.